The molecule has 1 aromatic heterocycles. The summed E-state index contributed by atoms with van der Waals surface area (Å²) < 4.78 is 14.7. The van der Waals surface area contributed by atoms with Crippen LogP contribution in [-0.4, -0.2) is 23.6 Å². The Bertz CT molecular complexity index is 528. The predicted molar refractivity (Wildman–Crippen MR) is 71.3 cm³/mol. The van der Waals surface area contributed by atoms with Gasteiger partial charge in [0.2, 0.25) is 0 Å². The number of hydrogen-bond donors (Lipinski definition) is 1. The average molecular weight is 265 g/mol. The molecule has 18 heavy (non-hydrogen) atoms. The van der Waals surface area contributed by atoms with Gasteiger partial charge in [-0.1, -0.05) is 6.07 Å². The van der Waals surface area contributed by atoms with Crippen molar-refractivity contribution in [1.29, 1.82) is 0 Å². The van der Waals surface area contributed by atoms with Crippen LogP contribution in [0.15, 0.2) is 18.2 Å². The number of aryl methyl sites for hydroxylation is 2. The molecule has 1 heterocycles. The van der Waals surface area contributed by atoms with Crippen LogP contribution in [0.3, 0.4) is 0 Å². The van der Waals surface area contributed by atoms with E-state index in [1.54, 1.807) is 14.2 Å². The summed E-state index contributed by atoms with van der Waals surface area (Å²) in [4.78, 5) is 4.13. The second-order valence-corrected chi connectivity index (χ2v) is 4.51. The van der Waals surface area contributed by atoms with Gasteiger partial charge >= 0.3 is 0 Å². The van der Waals surface area contributed by atoms with Gasteiger partial charge in [0.15, 0.2) is 5.13 Å². The number of nitrogens with zero attached hydrogens (tertiary/aromatic N) is 2. The number of nitrogens with two attached hydrogens (primary N) is 1. The van der Waals surface area contributed by atoms with Gasteiger partial charge in [-0.3, -0.25) is 0 Å². The molecule has 2 rings (SSSR count). The van der Waals surface area contributed by atoms with Crippen molar-refractivity contribution < 1.29 is 9.47 Å². The lowest BCUT2D eigenvalue weighted by Crippen LogP contribution is -1.98. The first kappa shape index (κ1) is 12.6. The molecule has 1 aromatic carbocycles. The monoisotopic (exact) mass is 265 g/mol. The molecule has 0 saturated carbocycles. The van der Waals surface area contributed by atoms with Crippen LogP contribution in [-0.2, 0) is 12.8 Å². The number of hydrogen-bond acceptors (Lipinski definition) is 6. The molecule has 0 bridgehead atoms. The third-order valence-corrected chi connectivity index (χ3v) is 3.18. The molecule has 0 aliphatic carbocycles. The summed E-state index contributed by atoms with van der Waals surface area (Å²) in [5.74, 6) is 2.37. The van der Waals surface area contributed by atoms with Gasteiger partial charge in [0, 0.05) is 24.0 Å². The summed E-state index contributed by atoms with van der Waals surface area (Å²) in [6, 6.07) is 5.78. The van der Waals surface area contributed by atoms with E-state index in [9.17, 15) is 0 Å². The molecule has 2 N–H and O–H groups in total. The van der Waals surface area contributed by atoms with E-state index in [0.717, 1.165) is 35.7 Å². The van der Waals surface area contributed by atoms with Gasteiger partial charge in [0.05, 0.1) is 14.2 Å². The van der Waals surface area contributed by atoms with Crippen molar-refractivity contribution in [3.05, 3.63) is 29.6 Å². The fourth-order valence-electron chi connectivity index (χ4n) is 1.67. The van der Waals surface area contributed by atoms with Crippen molar-refractivity contribution in [2.75, 3.05) is 20.0 Å². The third-order valence-electron chi connectivity index (χ3n) is 2.60. The fraction of sp³-hybridized carbons (Fsp3) is 0.333. The Labute approximate surface area is 110 Å². The van der Waals surface area contributed by atoms with Crippen molar-refractivity contribution in [2.45, 2.75) is 12.8 Å². The molecule has 0 amide bonds. The second-order valence-electron chi connectivity index (χ2n) is 3.73. The Morgan fingerprint density at radius 3 is 2.67 bits per heavy atom. The van der Waals surface area contributed by atoms with Gasteiger partial charge in [-0.15, -0.1) is 0 Å². The lowest BCUT2D eigenvalue weighted by atomic mass is 10.1. The molecule has 0 aliphatic rings. The van der Waals surface area contributed by atoms with Crippen molar-refractivity contribution in [1.82, 2.24) is 9.36 Å². The number of nitrogen functional groups attached to an aromatic ring is 1. The zero-order valence-corrected chi connectivity index (χ0v) is 11.2. The summed E-state index contributed by atoms with van der Waals surface area (Å²) in [5.41, 5.74) is 6.65. The van der Waals surface area contributed by atoms with Crippen LogP contribution in [0.2, 0.25) is 0 Å². The minimum absolute atomic E-state index is 0.506. The molecule has 0 fully saturated rings. The molecular weight excluding hydrogens is 250 g/mol. The maximum absolute atomic E-state index is 5.55. The first-order valence-electron chi connectivity index (χ1n) is 5.52. The van der Waals surface area contributed by atoms with Crippen LogP contribution < -0.4 is 15.2 Å². The van der Waals surface area contributed by atoms with E-state index in [1.807, 2.05) is 18.2 Å². The van der Waals surface area contributed by atoms with E-state index in [2.05, 4.69) is 9.36 Å². The maximum Gasteiger partial charge on any atom is 0.199 e. The summed E-state index contributed by atoms with van der Waals surface area (Å²) in [6.07, 6.45) is 1.56. The first-order valence-corrected chi connectivity index (χ1v) is 6.29. The summed E-state index contributed by atoms with van der Waals surface area (Å²) >= 11 is 1.22. The number of methoxy groups -OCH3 is 2. The van der Waals surface area contributed by atoms with Gasteiger partial charge in [-0.2, -0.15) is 4.37 Å². The summed E-state index contributed by atoms with van der Waals surface area (Å²) in [7, 11) is 3.29. The van der Waals surface area contributed by atoms with Gasteiger partial charge in [-0.05, 0) is 18.1 Å². The largest absolute Gasteiger partial charge is 0.497 e. The summed E-state index contributed by atoms with van der Waals surface area (Å²) in [6.45, 7) is 0. The van der Waals surface area contributed by atoms with Crippen LogP contribution in [0.5, 0.6) is 11.5 Å². The molecule has 6 heteroatoms. The highest BCUT2D eigenvalue weighted by atomic mass is 32.1. The highest BCUT2D eigenvalue weighted by Crippen LogP contribution is 2.25. The molecular formula is C12H15N3O2S. The normalized spacial score (nSPS) is 10.3. The third kappa shape index (κ3) is 2.89. The van der Waals surface area contributed by atoms with Crippen LogP contribution in [0.4, 0.5) is 5.13 Å². The highest BCUT2D eigenvalue weighted by Gasteiger charge is 2.07. The Balaban J connectivity index is 2.08. The van der Waals surface area contributed by atoms with Crippen LogP contribution in [0, 0.1) is 0 Å². The Morgan fingerprint density at radius 1 is 1.22 bits per heavy atom. The number of ether oxygens (including phenoxy) is 2. The molecule has 0 atom stereocenters. The van der Waals surface area contributed by atoms with Crippen molar-refractivity contribution in [2.24, 2.45) is 0 Å². The molecule has 0 radical (unpaired) electrons. The molecule has 0 unspecified atom stereocenters. The Morgan fingerprint density at radius 2 is 2.06 bits per heavy atom. The van der Waals surface area contributed by atoms with Crippen molar-refractivity contribution >= 4 is 16.7 Å². The minimum Gasteiger partial charge on any atom is -0.497 e. The lowest BCUT2D eigenvalue weighted by molar-refractivity contribution is 0.391. The van der Waals surface area contributed by atoms with Crippen molar-refractivity contribution in [3.63, 3.8) is 0 Å². The zero-order chi connectivity index (χ0) is 13.0. The van der Waals surface area contributed by atoms with Gasteiger partial charge < -0.3 is 15.2 Å². The van der Waals surface area contributed by atoms with Crippen LogP contribution >= 0.6 is 11.5 Å². The van der Waals surface area contributed by atoms with E-state index in [1.165, 1.54) is 11.5 Å². The number of benzene rings is 1. The number of aromatic nitrogens is 2. The van der Waals surface area contributed by atoms with Gasteiger partial charge in [-0.25, -0.2) is 4.98 Å². The smallest absolute Gasteiger partial charge is 0.199 e. The fourth-order valence-corrected chi connectivity index (χ4v) is 2.15. The maximum atomic E-state index is 5.55. The molecule has 0 aliphatic heterocycles. The van der Waals surface area contributed by atoms with E-state index in [-0.39, 0.29) is 0 Å². The minimum atomic E-state index is 0.506. The molecule has 2 aromatic rings. The van der Waals surface area contributed by atoms with E-state index >= 15 is 0 Å². The Kier molecular flexibility index (Phi) is 3.99. The zero-order valence-electron chi connectivity index (χ0n) is 10.3. The quantitative estimate of drug-likeness (QED) is 0.894. The Hall–Kier alpha value is -1.82. The molecule has 0 spiro atoms. The second kappa shape index (κ2) is 5.68. The number of anilines is 1. The first-order chi connectivity index (χ1) is 8.72. The van der Waals surface area contributed by atoms with E-state index in [0.29, 0.717) is 5.13 Å². The van der Waals surface area contributed by atoms with Gasteiger partial charge in [0.25, 0.3) is 0 Å². The number of rotatable bonds is 5. The topological polar surface area (TPSA) is 70.3 Å². The average Bonchev–Trinajstić information content (AvgIpc) is 2.82. The molecule has 5 nitrogen and oxygen atoms in total. The van der Waals surface area contributed by atoms with Crippen molar-refractivity contribution in [3.8, 4) is 11.5 Å². The molecule has 0 saturated heterocycles. The van der Waals surface area contributed by atoms with E-state index < -0.39 is 0 Å². The van der Waals surface area contributed by atoms with Crippen LogP contribution in [0.25, 0.3) is 0 Å². The van der Waals surface area contributed by atoms with E-state index in [4.69, 9.17) is 15.2 Å². The standard InChI is InChI=1S/C12H15N3O2S/c1-16-9-5-3-8(10(7-9)17-2)4-6-11-14-12(13)18-15-11/h3,5,7H,4,6H2,1-2H3,(H2,13,14,15). The highest BCUT2D eigenvalue weighted by molar-refractivity contribution is 7.09. The predicted octanol–water partition coefficient (Wildman–Crippen LogP) is 1.92. The van der Waals surface area contributed by atoms with Gasteiger partial charge in [0.1, 0.15) is 17.3 Å². The molecule has 96 valence electrons. The SMILES string of the molecule is COc1ccc(CCc2nsc(N)n2)c(OC)c1. The van der Waals surface area contributed by atoms with Crippen LogP contribution in [0.1, 0.15) is 11.4 Å². The summed E-state index contributed by atoms with van der Waals surface area (Å²) in [5, 5.41) is 0.506. The lowest BCUT2D eigenvalue weighted by Gasteiger charge is -2.09.